The number of amides is 1. The van der Waals surface area contributed by atoms with Crippen LogP contribution in [0.4, 0.5) is 15.8 Å². The molecule has 0 radical (unpaired) electrons. The third-order valence-corrected chi connectivity index (χ3v) is 6.20. The van der Waals surface area contributed by atoms with Crippen molar-refractivity contribution < 1.29 is 19.0 Å². The Kier molecular flexibility index (Phi) is 4.54. The van der Waals surface area contributed by atoms with Crippen LogP contribution in [0.2, 0.25) is 0 Å². The number of phenolic OH excluding ortho intramolecular Hbond substituents is 1. The maximum absolute atomic E-state index is 13.0. The maximum atomic E-state index is 13.0. The molecule has 0 aromatic heterocycles. The second kappa shape index (κ2) is 7.22. The minimum Gasteiger partial charge on any atom is -0.504 e. The molecule has 1 saturated heterocycles. The molecule has 3 aliphatic rings. The van der Waals surface area contributed by atoms with Crippen molar-refractivity contribution in [3.05, 3.63) is 47.8 Å². The van der Waals surface area contributed by atoms with Crippen molar-refractivity contribution >= 4 is 17.3 Å². The van der Waals surface area contributed by atoms with E-state index in [9.17, 15) is 14.3 Å². The van der Waals surface area contributed by atoms with Gasteiger partial charge in [-0.15, -0.1) is 0 Å². The first-order chi connectivity index (χ1) is 14.1. The number of hydrogen-bond donors (Lipinski definition) is 2. The minimum absolute atomic E-state index is 0.0684. The fourth-order valence-electron chi connectivity index (χ4n) is 4.96. The number of aromatic hydroxyl groups is 1. The van der Waals surface area contributed by atoms with E-state index < -0.39 is 5.82 Å². The molecular formula is C22H24FN3O3. The monoisotopic (exact) mass is 397 g/mol. The summed E-state index contributed by atoms with van der Waals surface area (Å²) < 4.78 is 18.6. The van der Waals surface area contributed by atoms with Gasteiger partial charge in [0.05, 0.1) is 24.5 Å². The maximum Gasteiger partial charge on any atom is 0.243 e. The van der Waals surface area contributed by atoms with Crippen molar-refractivity contribution in [3.8, 4) is 11.5 Å². The predicted octanol–water partition coefficient (Wildman–Crippen LogP) is 2.93. The lowest BCUT2D eigenvalue weighted by atomic mass is 9.89. The molecule has 152 valence electrons. The summed E-state index contributed by atoms with van der Waals surface area (Å²) >= 11 is 0. The zero-order valence-corrected chi connectivity index (χ0v) is 16.1. The summed E-state index contributed by atoms with van der Waals surface area (Å²) in [6, 6.07) is 10.4. The molecule has 6 nitrogen and oxygen atoms in total. The zero-order valence-electron chi connectivity index (χ0n) is 16.1. The fraction of sp³-hybridized carbons (Fsp3) is 0.409. The largest absolute Gasteiger partial charge is 0.504 e. The first kappa shape index (κ1) is 18.2. The number of fused-ring (bicyclic) bond motifs is 3. The summed E-state index contributed by atoms with van der Waals surface area (Å²) in [5.41, 5.74) is 3.48. The Morgan fingerprint density at radius 3 is 3.03 bits per heavy atom. The van der Waals surface area contributed by atoms with Crippen LogP contribution in [0.1, 0.15) is 24.3 Å². The Morgan fingerprint density at radius 2 is 2.17 bits per heavy atom. The van der Waals surface area contributed by atoms with Crippen molar-refractivity contribution in [1.82, 2.24) is 4.90 Å². The SMILES string of the molecule is O=C1CN2c3c(cccc3[C@@H]3CN(CCCOc4ccc(F)cc4O)CC[C@@H]32)N1. The molecule has 0 bridgehead atoms. The normalized spacial score (nSPS) is 22.8. The first-order valence-corrected chi connectivity index (χ1v) is 10.1. The highest BCUT2D eigenvalue weighted by Crippen LogP contribution is 2.49. The topological polar surface area (TPSA) is 65.0 Å². The number of halogens is 1. The summed E-state index contributed by atoms with van der Waals surface area (Å²) in [5, 5.41) is 12.7. The van der Waals surface area contributed by atoms with Crippen molar-refractivity contribution in [3.63, 3.8) is 0 Å². The molecule has 1 fully saturated rings. The standard InChI is InChI=1S/C22H24FN3O3/c23-14-5-6-20(19(27)11-14)29-10-2-8-25-9-7-18-16(12-25)15-3-1-4-17-22(15)26(18)13-21(28)24-17/h1,3-6,11,16,18,27H,2,7-10,12-13H2,(H,24,28)/t16-,18-/m0/s1. The van der Waals surface area contributed by atoms with Gasteiger partial charge in [0.1, 0.15) is 5.82 Å². The van der Waals surface area contributed by atoms with Crippen LogP contribution in [-0.2, 0) is 4.79 Å². The van der Waals surface area contributed by atoms with Crippen molar-refractivity contribution in [2.75, 3.05) is 43.0 Å². The number of para-hydroxylation sites is 1. The van der Waals surface area contributed by atoms with Crippen LogP contribution < -0.4 is 15.0 Å². The van der Waals surface area contributed by atoms with Crippen LogP contribution in [0.25, 0.3) is 0 Å². The number of benzene rings is 2. The molecule has 2 atom stereocenters. The Balaban J connectivity index is 1.20. The number of nitrogens with zero attached hydrogens (tertiary/aromatic N) is 2. The van der Waals surface area contributed by atoms with E-state index in [0.29, 0.717) is 30.9 Å². The summed E-state index contributed by atoms with van der Waals surface area (Å²) in [5.74, 6) is 0.145. The van der Waals surface area contributed by atoms with Gasteiger partial charge < -0.3 is 25.0 Å². The van der Waals surface area contributed by atoms with Crippen molar-refractivity contribution in [2.24, 2.45) is 0 Å². The summed E-state index contributed by atoms with van der Waals surface area (Å²) in [6.07, 6.45) is 1.86. The lowest BCUT2D eigenvalue weighted by Gasteiger charge is -2.39. The van der Waals surface area contributed by atoms with Crippen LogP contribution >= 0.6 is 0 Å². The zero-order chi connectivity index (χ0) is 20.0. The molecule has 3 heterocycles. The number of ether oxygens (including phenoxy) is 1. The number of hydrogen-bond acceptors (Lipinski definition) is 5. The highest BCUT2D eigenvalue weighted by molar-refractivity contribution is 6.03. The van der Waals surface area contributed by atoms with Crippen molar-refractivity contribution in [2.45, 2.75) is 24.8 Å². The lowest BCUT2D eigenvalue weighted by Crippen LogP contribution is -2.49. The van der Waals surface area contributed by atoms with E-state index in [1.807, 2.05) is 12.1 Å². The van der Waals surface area contributed by atoms with E-state index in [1.165, 1.54) is 23.4 Å². The smallest absolute Gasteiger partial charge is 0.243 e. The lowest BCUT2D eigenvalue weighted by molar-refractivity contribution is -0.115. The number of piperidine rings is 1. The molecule has 7 heteroatoms. The van der Waals surface area contributed by atoms with Gasteiger partial charge in [0, 0.05) is 37.7 Å². The van der Waals surface area contributed by atoms with E-state index >= 15 is 0 Å². The molecule has 1 amide bonds. The first-order valence-electron chi connectivity index (χ1n) is 10.1. The number of phenols is 1. The van der Waals surface area contributed by atoms with E-state index in [4.69, 9.17) is 4.74 Å². The Hall–Kier alpha value is -2.80. The summed E-state index contributed by atoms with van der Waals surface area (Å²) in [6.45, 7) is 3.77. The summed E-state index contributed by atoms with van der Waals surface area (Å²) in [7, 11) is 0. The minimum atomic E-state index is -0.479. The van der Waals surface area contributed by atoms with Crippen molar-refractivity contribution in [1.29, 1.82) is 0 Å². The second-order valence-corrected chi connectivity index (χ2v) is 8.00. The molecule has 0 unspecified atom stereocenters. The number of anilines is 2. The van der Waals surface area contributed by atoms with E-state index in [-0.39, 0.29) is 11.7 Å². The number of rotatable bonds is 5. The van der Waals surface area contributed by atoms with Crippen LogP contribution in [0, 0.1) is 5.82 Å². The number of likely N-dealkylation sites (tertiary alicyclic amines) is 1. The molecular weight excluding hydrogens is 373 g/mol. The molecule has 2 N–H and O–H groups in total. The highest BCUT2D eigenvalue weighted by Gasteiger charge is 2.44. The van der Waals surface area contributed by atoms with Gasteiger partial charge in [-0.2, -0.15) is 0 Å². The van der Waals surface area contributed by atoms with Gasteiger partial charge in [0.2, 0.25) is 5.91 Å². The van der Waals surface area contributed by atoms with E-state index in [0.717, 1.165) is 44.2 Å². The molecule has 2 aromatic carbocycles. The quantitative estimate of drug-likeness (QED) is 0.760. The van der Waals surface area contributed by atoms with Crippen LogP contribution in [0.3, 0.4) is 0 Å². The molecule has 5 rings (SSSR count). The Bertz CT molecular complexity index is 951. The number of nitrogens with one attached hydrogen (secondary N) is 1. The van der Waals surface area contributed by atoms with Crippen LogP contribution in [0.15, 0.2) is 36.4 Å². The molecule has 2 aromatic rings. The van der Waals surface area contributed by atoms with Gasteiger partial charge in [-0.3, -0.25) is 4.79 Å². The van der Waals surface area contributed by atoms with Gasteiger partial charge in [0.15, 0.2) is 11.5 Å². The van der Waals surface area contributed by atoms with Gasteiger partial charge in [0.25, 0.3) is 0 Å². The average Bonchev–Trinajstić information content (AvgIpc) is 3.01. The second-order valence-electron chi connectivity index (χ2n) is 8.00. The summed E-state index contributed by atoms with van der Waals surface area (Å²) in [4.78, 5) is 16.8. The molecule has 0 spiro atoms. The van der Waals surface area contributed by atoms with Gasteiger partial charge in [-0.25, -0.2) is 4.39 Å². The van der Waals surface area contributed by atoms with Crippen LogP contribution in [0.5, 0.6) is 11.5 Å². The molecule has 29 heavy (non-hydrogen) atoms. The predicted molar refractivity (Wildman–Crippen MR) is 108 cm³/mol. The third-order valence-electron chi connectivity index (χ3n) is 6.20. The van der Waals surface area contributed by atoms with Gasteiger partial charge >= 0.3 is 0 Å². The number of carbonyl (C=O) groups excluding carboxylic acids is 1. The van der Waals surface area contributed by atoms with Crippen LogP contribution in [-0.4, -0.2) is 54.7 Å². The van der Waals surface area contributed by atoms with E-state index in [2.05, 4.69) is 21.2 Å². The molecule has 0 saturated carbocycles. The Morgan fingerprint density at radius 1 is 1.28 bits per heavy atom. The number of carbonyl (C=O) groups is 1. The average molecular weight is 397 g/mol. The highest BCUT2D eigenvalue weighted by atomic mass is 19.1. The molecule has 0 aliphatic carbocycles. The molecule has 3 aliphatic heterocycles. The van der Waals surface area contributed by atoms with Gasteiger partial charge in [-0.1, -0.05) is 12.1 Å². The van der Waals surface area contributed by atoms with E-state index in [1.54, 1.807) is 0 Å². The van der Waals surface area contributed by atoms with Gasteiger partial charge in [-0.05, 0) is 36.6 Å². The third kappa shape index (κ3) is 3.29. The Labute approximate surface area is 168 Å². The fourth-order valence-corrected chi connectivity index (χ4v) is 4.96.